The number of rotatable bonds is 6. The first-order valence-corrected chi connectivity index (χ1v) is 6.75. The van der Waals surface area contributed by atoms with Crippen molar-refractivity contribution in [2.75, 3.05) is 18.5 Å². The highest BCUT2D eigenvalue weighted by atomic mass is 16.3. The van der Waals surface area contributed by atoms with Gasteiger partial charge in [0.15, 0.2) is 0 Å². The molecule has 0 bridgehead atoms. The van der Waals surface area contributed by atoms with E-state index in [9.17, 15) is 0 Å². The second kappa shape index (κ2) is 6.43. The van der Waals surface area contributed by atoms with Gasteiger partial charge in [0.2, 0.25) is 0 Å². The molecular formula is C16H22N2O. The molecule has 1 heterocycles. The summed E-state index contributed by atoms with van der Waals surface area (Å²) in [5.41, 5.74) is 2.56. The van der Waals surface area contributed by atoms with Crippen molar-refractivity contribution in [3.05, 3.63) is 53.5 Å². The first-order valence-electron chi connectivity index (χ1n) is 6.75. The number of hydrogen-bond acceptors (Lipinski definition) is 3. The quantitative estimate of drug-likeness (QED) is 0.861. The lowest BCUT2D eigenvalue weighted by atomic mass is 10.1. The second-order valence-corrected chi connectivity index (χ2v) is 4.78. The van der Waals surface area contributed by atoms with E-state index in [1.807, 2.05) is 19.1 Å². The fourth-order valence-corrected chi connectivity index (χ4v) is 2.18. The first kappa shape index (κ1) is 13.7. The molecule has 0 aliphatic carbocycles. The fraction of sp³-hybridized carbons (Fsp3) is 0.375. The molecule has 0 fully saturated rings. The van der Waals surface area contributed by atoms with Gasteiger partial charge in [0.1, 0.15) is 11.5 Å². The maximum Gasteiger partial charge on any atom is 0.123 e. The topological polar surface area (TPSA) is 28.4 Å². The lowest BCUT2D eigenvalue weighted by Crippen LogP contribution is -2.20. The van der Waals surface area contributed by atoms with Crippen molar-refractivity contribution in [2.45, 2.75) is 26.9 Å². The zero-order chi connectivity index (χ0) is 13.7. The van der Waals surface area contributed by atoms with Gasteiger partial charge < -0.3 is 14.6 Å². The molecule has 2 rings (SSSR count). The summed E-state index contributed by atoms with van der Waals surface area (Å²) in [6.07, 6.45) is 0. The molecule has 1 aromatic carbocycles. The summed E-state index contributed by atoms with van der Waals surface area (Å²) >= 11 is 0. The number of anilines is 1. The molecule has 1 aromatic heterocycles. The zero-order valence-electron chi connectivity index (χ0n) is 11.9. The van der Waals surface area contributed by atoms with Crippen LogP contribution in [0.2, 0.25) is 0 Å². The highest BCUT2D eigenvalue weighted by molar-refractivity contribution is 5.53. The summed E-state index contributed by atoms with van der Waals surface area (Å²) in [6.45, 7) is 6.77. The molecule has 1 N–H and O–H groups in total. The minimum Gasteiger partial charge on any atom is -0.464 e. The predicted molar refractivity (Wildman–Crippen MR) is 79.4 cm³/mol. The monoisotopic (exact) mass is 258 g/mol. The Balaban J connectivity index is 2.11. The summed E-state index contributed by atoms with van der Waals surface area (Å²) in [4.78, 5) is 2.23. The third-order valence-electron chi connectivity index (χ3n) is 3.16. The summed E-state index contributed by atoms with van der Waals surface area (Å²) in [7, 11) is 2.10. The highest BCUT2D eigenvalue weighted by Gasteiger charge is 2.09. The van der Waals surface area contributed by atoms with E-state index in [-0.39, 0.29) is 0 Å². The van der Waals surface area contributed by atoms with Crippen molar-refractivity contribution < 1.29 is 4.42 Å². The normalized spacial score (nSPS) is 10.7. The van der Waals surface area contributed by atoms with Gasteiger partial charge in [0, 0.05) is 19.3 Å². The Hall–Kier alpha value is -1.74. The van der Waals surface area contributed by atoms with Crippen LogP contribution in [-0.4, -0.2) is 13.6 Å². The molecular weight excluding hydrogens is 236 g/mol. The van der Waals surface area contributed by atoms with Crippen molar-refractivity contribution >= 4 is 5.69 Å². The van der Waals surface area contributed by atoms with Crippen molar-refractivity contribution in [3.8, 4) is 0 Å². The number of para-hydroxylation sites is 1. The lowest BCUT2D eigenvalue weighted by molar-refractivity contribution is 0.481. The van der Waals surface area contributed by atoms with Crippen LogP contribution >= 0.6 is 0 Å². The van der Waals surface area contributed by atoms with Crippen LogP contribution < -0.4 is 10.2 Å². The molecule has 0 spiro atoms. The largest absolute Gasteiger partial charge is 0.464 e. The Morgan fingerprint density at radius 1 is 1.16 bits per heavy atom. The van der Waals surface area contributed by atoms with Gasteiger partial charge in [0.05, 0.1) is 6.54 Å². The Morgan fingerprint density at radius 3 is 2.63 bits per heavy atom. The van der Waals surface area contributed by atoms with Crippen LogP contribution in [0.4, 0.5) is 5.69 Å². The molecule has 0 saturated heterocycles. The Labute approximate surface area is 115 Å². The second-order valence-electron chi connectivity index (χ2n) is 4.78. The molecule has 102 valence electrons. The first-order chi connectivity index (χ1) is 9.20. The molecule has 0 amide bonds. The van der Waals surface area contributed by atoms with Crippen LogP contribution in [0.5, 0.6) is 0 Å². The molecule has 3 heteroatoms. The summed E-state index contributed by atoms with van der Waals surface area (Å²) in [5, 5.41) is 3.38. The standard InChI is InChI=1S/C16H22N2O/c1-4-17-11-14-7-5-6-8-16(14)18(3)12-15-10-9-13(2)19-15/h5-10,17H,4,11-12H2,1-3H3. The number of furan rings is 1. The number of aryl methyl sites for hydroxylation is 1. The van der Waals surface area contributed by atoms with E-state index < -0.39 is 0 Å². The van der Waals surface area contributed by atoms with Crippen LogP contribution in [0, 0.1) is 6.92 Å². The summed E-state index contributed by atoms with van der Waals surface area (Å²) < 4.78 is 5.64. The molecule has 0 unspecified atom stereocenters. The number of nitrogens with zero attached hydrogens (tertiary/aromatic N) is 1. The van der Waals surface area contributed by atoms with Gasteiger partial charge in [-0.05, 0) is 37.2 Å². The fourth-order valence-electron chi connectivity index (χ4n) is 2.18. The van der Waals surface area contributed by atoms with Crippen LogP contribution in [0.1, 0.15) is 24.0 Å². The van der Waals surface area contributed by atoms with Crippen molar-refractivity contribution in [2.24, 2.45) is 0 Å². The van der Waals surface area contributed by atoms with E-state index >= 15 is 0 Å². The van der Waals surface area contributed by atoms with Gasteiger partial charge in [-0.2, -0.15) is 0 Å². The van der Waals surface area contributed by atoms with E-state index in [1.165, 1.54) is 11.3 Å². The van der Waals surface area contributed by atoms with Crippen LogP contribution in [0.15, 0.2) is 40.8 Å². The molecule has 0 aliphatic heterocycles. The maximum absolute atomic E-state index is 5.64. The van der Waals surface area contributed by atoms with E-state index in [0.29, 0.717) is 0 Å². The molecule has 3 nitrogen and oxygen atoms in total. The number of benzene rings is 1. The van der Waals surface area contributed by atoms with E-state index in [2.05, 4.69) is 48.5 Å². The molecule has 2 aromatic rings. The van der Waals surface area contributed by atoms with Crippen LogP contribution in [0.25, 0.3) is 0 Å². The van der Waals surface area contributed by atoms with E-state index in [0.717, 1.165) is 31.2 Å². The van der Waals surface area contributed by atoms with Gasteiger partial charge in [0.25, 0.3) is 0 Å². The maximum atomic E-state index is 5.64. The zero-order valence-corrected chi connectivity index (χ0v) is 11.9. The summed E-state index contributed by atoms with van der Waals surface area (Å²) in [6, 6.07) is 12.5. The van der Waals surface area contributed by atoms with Crippen molar-refractivity contribution in [1.82, 2.24) is 5.32 Å². The van der Waals surface area contributed by atoms with Gasteiger partial charge in [-0.3, -0.25) is 0 Å². The predicted octanol–water partition coefficient (Wildman–Crippen LogP) is 3.33. The average Bonchev–Trinajstić information content (AvgIpc) is 2.82. The molecule has 0 atom stereocenters. The molecule has 0 saturated carbocycles. The van der Waals surface area contributed by atoms with Crippen molar-refractivity contribution in [1.29, 1.82) is 0 Å². The van der Waals surface area contributed by atoms with E-state index in [4.69, 9.17) is 4.42 Å². The molecule has 19 heavy (non-hydrogen) atoms. The molecule has 0 aliphatic rings. The third-order valence-corrected chi connectivity index (χ3v) is 3.16. The highest BCUT2D eigenvalue weighted by Crippen LogP contribution is 2.21. The Kier molecular flexibility index (Phi) is 4.63. The summed E-state index contributed by atoms with van der Waals surface area (Å²) in [5.74, 6) is 1.96. The average molecular weight is 258 g/mol. The van der Waals surface area contributed by atoms with Gasteiger partial charge in [-0.1, -0.05) is 25.1 Å². The number of nitrogens with one attached hydrogen (secondary N) is 1. The van der Waals surface area contributed by atoms with Gasteiger partial charge >= 0.3 is 0 Å². The Bertz CT molecular complexity index is 519. The SMILES string of the molecule is CCNCc1ccccc1N(C)Cc1ccc(C)o1. The Morgan fingerprint density at radius 2 is 1.95 bits per heavy atom. The van der Waals surface area contributed by atoms with Gasteiger partial charge in [-0.25, -0.2) is 0 Å². The van der Waals surface area contributed by atoms with E-state index in [1.54, 1.807) is 0 Å². The smallest absolute Gasteiger partial charge is 0.123 e. The lowest BCUT2D eigenvalue weighted by Gasteiger charge is -2.21. The van der Waals surface area contributed by atoms with Crippen LogP contribution in [0.3, 0.4) is 0 Å². The van der Waals surface area contributed by atoms with Crippen LogP contribution in [-0.2, 0) is 13.1 Å². The number of hydrogen-bond donors (Lipinski definition) is 1. The molecule has 0 radical (unpaired) electrons. The van der Waals surface area contributed by atoms with Crippen molar-refractivity contribution in [3.63, 3.8) is 0 Å². The van der Waals surface area contributed by atoms with Gasteiger partial charge in [-0.15, -0.1) is 0 Å². The minimum atomic E-state index is 0.789. The third kappa shape index (κ3) is 3.61. The minimum absolute atomic E-state index is 0.789.